The fraction of sp³-hybridized carbons (Fsp3) is 0.450. The maximum atomic E-state index is 14.7. The molecule has 27 heavy (non-hydrogen) atoms. The first kappa shape index (κ1) is 20.6. The van der Waals surface area contributed by atoms with Crippen LogP contribution in [0.3, 0.4) is 0 Å². The molecule has 2 aromatic rings. The number of rotatable bonds is 1. The molecule has 0 radical (unpaired) electrons. The highest BCUT2D eigenvalue weighted by atomic mass is 19.1. The first-order valence-electron chi connectivity index (χ1n) is 8.60. The zero-order valence-corrected chi connectivity index (χ0v) is 16.7. The first-order valence-corrected chi connectivity index (χ1v) is 8.60. The average molecular weight is 376 g/mol. The lowest BCUT2D eigenvalue weighted by Gasteiger charge is -2.28. The summed E-state index contributed by atoms with van der Waals surface area (Å²) in [5.74, 6) is -1.29. The molecule has 0 spiro atoms. The van der Waals surface area contributed by atoms with E-state index in [4.69, 9.17) is 9.47 Å². The van der Waals surface area contributed by atoms with E-state index in [0.29, 0.717) is 15.8 Å². The van der Waals surface area contributed by atoms with Gasteiger partial charge in [0.05, 0.1) is 5.52 Å². The molecule has 0 atom stereocenters. The average Bonchev–Trinajstić information content (AvgIpc) is 2.44. The molecule has 1 aromatic heterocycles. The maximum Gasteiger partial charge on any atom is 0.425 e. The minimum Gasteiger partial charge on any atom is -0.443 e. The summed E-state index contributed by atoms with van der Waals surface area (Å²) >= 11 is 0. The van der Waals surface area contributed by atoms with Gasteiger partial charge in [0.15, 0.2) is 11.6 Å². The third-order valence-corrected chi connectivity index (χ3v) is 3.27. The molecule has 1 aromatic carbocycles. The van der Waals surface area contributed by atoms with Crippen LogP contribution in [-0.4, -0.2) is 28.4 Å². The summed E-state index contributed by atoms with van der Waals surface area (Å²) in [6.45, 7) is 11.7. The van der Waals surface area contributed by atoms with Crippen molar-refractivity contribution in [3.63, 3.8) is 0 Å². The lowest BCUT2D eigenvalue weighted by atomic mass is 10.1. The number of ether oxygens (including phenoxy) is 2. The van der Waals surface area contributed by atoms with Crippen LogP contribution in [0.5, 0.6) is 0 Å². The molecule has 146 valence electrons. The van der Waals surface area contributed by atoms with Crippen molar-refractivity contribution in [3.05, 3.63) is 35.6 Å². The van der Waals surface area contributed by atoms with Crippen LogP contribution in [0.2, 0.25) is 0 Å². The van der Waals surface area contributed by atoms with Gasteiger partial charge in [0, 0.05) is 5.39 Å². The fourth-order valence-electron chi connectivity index (χ4n) is 2.26. The van der Waals surface area contributed by atoms with Gasteiger partial charge in [-0.05, 0) is 66.2 Å². The van der Waals surface area contributed by atoms with Gasteiger partial charge < -0.3 is 9.47 Å². The van der Waals surface area contributed by atoms with Gasteiger partial charge >= 0.3 is 12.2 Å². The van der Waals surface area contributed by atoms with Crippen molar-refractivity contribution < 1.29 is 23.5 Å². The molecule has 7 heteroatoms. The molecular formula is C20H25FN2O4. The van der Waals surface area contributed by atoms with Crippen molar-refractivity contribution in [1.82, 2.24) is 4.98 Å². The summed E-state index contributed by atoms with van der Waals surface area (Å²) in [4.78, 5) is 30.0. The largest absolute Gasteiger partial charge is 0.443 e. The van der Waals surface area contributed by atoms with Crippen molar-refractivity contribution in [2.24, 2.45) is 0 Å². The number of hydrogen-bond donors (Lipinski definition) is 0. The molecular weight excluding hydrogens is 351 g/mol. The summed E-state index contributed by atoms with van der Waals surface area (Å²) in [7, 11) is 0. The smallest absolute Gasteiger partial charge is 0.425 e. The summed E-state index contributed by atoms with van der Waals surface area (Å²) in [6.07, 6.45) is -2.12. The molecule has 2 rings (SSSR count). The van der Waals surface area contributed by atoms with E-state index in [-0.39, 0.29) is 0 Å². The van der Waals surface area contributed by atoms with E-state index in [2.05, 4.69) is 4.98 Å². The van der Waals surface area contributed by atoms with E-state index in [9.17, 15) is 14.0 Å². The van der Waals surface area contributed by atoms with Gasteiger partial charge in [-0.3, -0.25) is 0 Å². The van der Waals surface area contributed by atoms with Gasteiger partial charge in [0.1, 0.15) is 11.2 Å². The molecule has 6 nitrogen and oxygen atoms in total. The molecule has 0 fully saturated rings. The third-order valence-electron chi connectivity index (χ3n) is 3.27. The maximum absolute atomic E-state index is 14.7. The normalized spacial score (nSPS) is 12.0. The van der Waals surface area contributed by atoms with Gasteiger partial charge in [-0.1, -0.05) is 12.1 Å². The number of aryl methyl sites for hydroxylation is 1. The number of imide groups is 1. The Morgan fingerprint density at radius 2 is 1.48 bits per heavy atom. The highest BCUT2D eigenvalue weighted by Crippen LogP contribution is 2.26. The predicted molar refractivity (Wildman–Crippen MR) is 101 cm³/mol. The van der Waals surface area contributed by atoms with E-state index >= 15 is 0 Å². The first-order chi connectivity index (χ1) is 12.3. The summed E-state index contributed by atoms with van der Waals surface area (Å²) < 4.78 is 25.3. The number of hydrogen-bond acceptors (Lipinski definition) is 5. The van der Waals surface area contributed by atoms with E-state index in [1.54, 1.807) is 53.7 Å². The Morgan fingerprint density at radius 3 is 1.96 bits per heavy atom. The minimum atomic E-state index is -1.06. The van der Waals surface area contributed by atoms with Gasteiger partial charge in [-0.2, -0.15) is 4.90 Å². The molecule has 0 bridgehead atoms. The quantitative estimate of drug-likeness (QED) is 0.670. The van der Waals surface area contributed by atoms with Crippen molar-refractivity contribution >= 4 is 28.9 Å². The molecule has 0 aliphatic rings. The van der Waals surface area contributed by atoms with Gasteiger partial charge in [-0.15, -0.1) is 0 Å². The van der Waals surface area contributed by atoms with Gasteiger partial charge in [-0.25, -0.2) is 19.0 Å². The number of carbonyl (C=O) groups is 2. The van der Waals surface area contributed by atoms with Crippen LogP contribution in [0.4, 0.5) is 19.8 Å². The Hall–Kier alpha value is -2.70. The molecule has 0 aliphatic heterocycles. The zero-order chi connectivity index (χ0) is 20.6. The summed E-state index contributed by atoms with van der Waals surface area (Å²) in [5.41, 5.74) is -0.417. The molecule has 0 saturated heterocycles. The Bertz CT molecular complexity index is 854. The number of carbonyl (C=O) groups excluding carboxylic acids is 2. The van der Waals surface area contributed by atoms with E-state index in [1.807, 2.05) is 13.0 Å². The number of fused-ring (bicyclic) bond motifs is 1. The number of halogens is 1. The predicted octanol–water partition coefficient (Wildman–Crippen LogP) is 5.36. The van der Waals surface area contributed by atoms with Crippen molar-refractivity contribution in [2.45, 2.75) is 59.7 Å². The molecule has 1 heterocycles. The highest BCUT2D eigenvalue weighted by Gasteiger charge is 2.35. The van der Waals surface area contributed by atoms with Crippen LogP contribution < -0.4 is 4.90 Å². The third kappa shape index (κ3) is 5.39. The Morgan fingerprint density at radius 1 is 0.963 bits per heavy atom. The lowest BCUT2D eigenvalue weighted by Crippen LogP contribution is -2.44. The zero-order valence-electron chi connectivity index (χ0n) is 16.7. The van der Waals surface area contributed by atoms with Crippen LogP contribution in [0.1, 0.15) is 47.1 Å². The standard InChI is InChI=1S/C20H25FN2O4/c1-12-8-9-13-11-14(21)16(22-15(13)10-12)23(17(24)26-19(2,3)4)18(25)27-20(5,6)7/h8-11H,1-7H3. The van der Waals surface area contributed by atoms with E-state index in [1.165, 1.54) is 6.07 Å². The molecule has 0 aliphatic carbocycles. The van der Waals surface area contributed by atoms with Crippen LogP contribution in [-0.2, 0) is 9.47 Å². The second-order valence-electron chi connectivity index (χ2n) is 8.29. The van der Waals surface area contributed by atoms with Crippen LogP contribution in [0, 0.1) is 12.7 Å². The number of nitrogens with zero attached hydrogens (tertiary/aromatic N) is 2. The van der Waals surface area contributed by atoms with Crippen molar-refractivity contribution in [2.75, 3.05) is 4.90 Å². The van der Waals surface area contributed by atoms with E-state index in [0.717, 1.165) is 5.56 Å². The second kappa shape index (κ2) is 7.13. The number of pyridine rings is 1. The lowest BCUT2D eigenvalue weighted by molar-refractivity contribution is 0.0427. The minimum absolute atomic E-state index is 0.448. The SMILES string of the molecule is Cc1ccc2cc(F)c(N(C(=O)OC(C)(C)C)C(=O)OC(C)(C)C)nc2c1. The van der Waals surface area contributed by atoms with Crippen molar-refractivity contribution in [1.29, 1.82) is 0 Å². The topological polar surface area (TPSA) is 68.7 Å². The number of anilines is 1. The molecule has 2 amide bonds. The monoisotopic (exact) mass is 376 g/mol. The van der Waals surface area contributed by atoms with Crippen LogP contribution in [0.25, 0.3) is 10.9 Å². The molecule has 0 N–H and O–H groups in total. The Labute approximate surface area is 158 Å². The molecule has 0 unspecified atom stereocenters. The Balaban J connectivity index is 2.58. The van der Waals surface area contributed by atoms with Gasteiger partial charge in [0.25, 0.3) is 0 Å². The van der Waals surface area contributed by atoms with Crippen LogP contribution >= 0.6 is 0 Å². The number of benzene rings is 1. The summed E-state index contributed by atoms with van der Waals surface area (Å²) in [5, 5.41) is 0.551. The number of aromatic nitrogens is 1. The van der Waals surface area contributed by atoms with E-state index < -0.39 is 35.0 Å². The van der Waals surface area contributed by atoms with Gasteiger partial charge in [0.2, 0.25) is 0 Å². The number of amides is 2. The second-order valence-corrected chi connectivity index (χ2v) is 8.29. The highest BCUT2D eigenvalue weighted by molar-refractivity contribution is 6.09. The molecule has 0 saturated carbocycles. The van der Waals surface area contributed by atoms with Crippen LogP contribution in [0.15, 0.2) is 24.3 Å². The summed E-state index contributed by atoms with van der Waals surface area (Å²) in [6, 6.07) is 6.50. The fourth-order valence-corrected chi connectivity index (χ4v) is 2.26. The Kier molecular flexibility index (Phi) is 5.45. The van der Waals surface area contributed by atoms with Crippen molar-refractivity contribution in [3.8, 4) is 0 Å².